The summed E-state index contributed by atoms with van der Waals surface area (Å²) in [5.41, 5.74) is 1.27. The van der Waals surface area contributed by atoms with Crippen LogP contribution in [0.3, 0.4) is 0 Å². The van der Waals surface area contributed by atoms with E-state index in [0.717, 1.165) is 5.56 Å². The van der Waals surface area contributed by atoms with Crippen molar-refractivity contribution in [2.75, 3.05) is 18.1 Å². The molecule has 0 saturated carbocycles. The first-order valence-corrected chi connectivity index (χ1v) is 9.01. The number of rotatable bonds is 4. The molecule has 3 rings (SSSR count). The predicted molar refractivity (Wildman–Crippen MR) is 82.0 cm³/mol. The van der Waals surface area contributed by atoms with Crippen LogP contribution in [0.15, 0.2) is 10.7 Å². The van der Waals surface area contributed by atoms with Crippen molar-refractivity contribution in [3.63, 3.8) is 0 Å². The highest BCUT2D eigenvalue weighted by atomic mass is 32.2. The third kappa shape index (κ3) is 3.29. The van der Waals surface area contributed by atoms with E-state index in [1.165, 1.54) is 6.33 Å². The molecule has 0 bridgehead atoms. The van der Waals surface area contributed by atoms with E-state index >= 15 is 0 Å². The number of sulfone groups is 1. The fourth-order valence-corrected chi connectivity index (χ4v) is 4.24. The van der Waals surface area contributed by atoms with Gasteiger partial charge in [-0.1, -0.05) is 0 Å². The first-order chi connectivity index (χ1) is 10.9. The molecule has 1 N–H and O–H groups in total. The fraction of sp³-hybridized carbons (Fsp3) is 0.500. The summed E-state index contributed by atoms with van der Waals surface area (Å²) in [6.45, 7) is 3.43. The highest BCUT2D eigenvalue weighted by Crippen LogP contribution is 2.29. The number of furan rings is 1. The number of hydrogen-bond donors (Lipinski definition) is 1. The summed E-state index contributed by atoms with van der Waals surface area (Å²) in [4.78, 5) is 20.0. The smallest absolute Gasteiger partial charge is 0.258 e. The number of carbonyl (C=O) groups is 1. The van der Waals surface area contributed by atoms with Crippen molar-refractivity contribution < 1.29 is 22.4 Å². The van der Waals surface area contributed by atoms with Crippen LogP contribution in [0.2, 0.25) is 0 Å². The van der Waals surface area contributed by atoms with E-state index in [4.69, 9.17) is 9.15 Å². The average Bonchev–Trinajstić information content (AvgIpc) is 2.97. The number of fused-ring (bicyclic) bond motifs is 1. The minimum atomic E-state index is -3.03. The maximum atomic E-state index is 11.9. The highest BCUT2D eigenvalue weighted by Gasteiger charge is 2.29. The molecule has 0 spiro atoms. The number of nitrogens with one attached hydrogen (secondary N) is 1. The van der Waals surface area contributed by atoms with E-state index in [0.29, 0.717) is 23.3 Å². The van der Waals surface area contributed by atoms with Gasteiger partial charge >= 0.3 is 0 Å². The van der Waals surface area contributed by atoms with Crippen molar-refractivity contribution >= 4 is 26.8 Å². The molecule has 23 heavy (non-hydrogen) atoms. The van der Waals surface area contributed by atoms with Gasteiger partial charge in [-0.15, -0.1) is 0 Å². The monoisotopic (exact) mass is 339 g/mol. The zero-order valence-corrected chi connectivity index (χ0v) is 13.6. The number of amides is 1. The molecular weight excluding hydrogens is 322 g/mol. The molecule has 124 valence electrons. The van der Waals surface area contributed by atoms with Crippen molar-refractivity contribution in [3.8, 4) is 5.88 Å². The van der Waals surface area contributed by atoms with Crippen LogP contribution in [0.5, 0.6) is 5.88 Å². The van der Waals surface area contributed by atoms with Gasteiger partial charge in [-0.05, 0) is 20.3 Å². The van der Waals surface area contributed by atoms with E-state index in [9.17, 15) is 13.2 Å². The van der Waals surface area contributed by atoms with Crippen LogP contribution in [0.4, 0.5) is 0 Å². The van der Waals surface area contributed by atoms with Crippen LogP contribution >= 0.6 is 0 Å². The summed E-state index contributed by atoms with van der Waals surface area (Å²) in [7, 11) is -3.03. The summed E-state index contributed by atoms with van der Waals surface area (Å²) >= 11 is 0. The first kappa shape index (κ1) is 15.7. The molecule has 1 aliphatic rings. The Morgan fingerprint density at radius 2 is 2.22 bits per heavy atom. The van der Waals surface area contributed by atoms with Crippen LogP contribution < -0.4 is 10.1 Å². The lowest BCUT2D eigenvalue weighted by atomic mass is 10.2. The summed E-state index contributed by atoms with van der Waals surface area (Å²) in [6.07, 6.45) is 1.74. The lowest BCUT2D eigenvalue weighted by Crippen LogP contribution is -2.38. The SMILES string of the molecule is Cc1oc2ncnc(OCC(=O)NC3CCS(=O)(=O)C3)c2c1C. The van der Waals surface area contributed by atoms with Crippen LogP contribution in [0.25, 0.3) is 11.1 Å². The van der Waals surface area contributed by atoms with Crippen LogP contribution in [-0.4, -0.2) is 48.4 Å². The van der Waals surface area contributed by atoms with Gasteiger partial charge in [0.1, 0.15) is 17.5 Å². The Hall–Kier alpha value is -2.16. The Labute approximate surface area is 133 Å². The van der Waals surface area contributed by atoms with Crippen molar-refractivity contribution in [3.05, 3.63) is 17.7 Å². The molecular formula is C14H17N3O5S. The maximum absolute atomic E-state index is 11.9. The Bertz CT molecular complexity index is 859. The first-order valence-electron chi connectivity index (χ1n) is 7.19. The number of ether oxygens (including phenoxy) is 1. The van der Waals surface area contributed by atoms with Crippen molar-refractivity contribution in [2.45, 2.75) is 26.3 Å². The van der Waals surface area contributed by atoms with E-state index in [2.05, 4.69) is 15.3 Å². The van der Waals surface area contributed by atoms with Crippen LogP contribution in [0, 0.1) is 13.8 Å². The van der Waals surface area contributed by atoms with Crippen molar-refractivity contribution in [1.29, 1.82) is 0 Å². The topological polar surface area (TPSA) is 111 Å². The van der Waals surface area contributed by atoms with Gasteiger partial charge in [0, 0.05) is 11.6 Å². The van der Waals surface area contributed by atoms with E-state index in [1.807, 2.05) is 13.8 Å². The van der Waals surface area contributed by atoms with Gasteiger partial charge in [-0.3, -0.25) is 4.79 Å². The Morgan fingerprint density at radius 1 is 1.43 bits per heavy atom. The molecule has 3 heterocycles. The zero-order chi connectivity index (χ0) is 16.6. The third-order valence-electron chi connectivity index (χ3n) is 3.87. The van der Waals surface area contributed by atoms with Gasteiger partial charge in [0.15, 0.2) is 16.4 Å². The molecule has 8 nitrogen and oxygen atoms in total. The summed E-state index contributed by atoms with van der Waals surface area (Å²) < 4.78 is 33.7. The van der Waals surface area contributed by atoms with Gasteiger partial charge in [0.2, 0.25) is 11.6 Å². The molecule has 1 aliphatic heterocycles. The number of aryl methyl sites for hydroxylation is 2. The molecule has 1 atom stereocenters. The average molecular weight is 339 g/mol. The normalized spacial score (nSPS) is 19.8. The third-order valence-corrected chi connectivity index (χ3v) is 5.64. The Balaban J connectivity index is 1.66. The summed E-state index contributed by atoms with van der Waals surface area (Å²) in [5, 5.41) is 3.30. The molecule has 1 saturated heterocycles. The molecule has 2 aromatic heterocycles. The molecule has 0 aliphatic carbocycles. The lowest BCUT2D eigenvalue weighted by molar-refractivity contribution is -0.123. The summed E-state index contributed by atoms with van der Waals surface area (Å²) in [5.74, 6) is 0.705. The van der Waals surface area contributed by atoms with Gasteiger partial charge < -0.3 is 14.5 Å². The van der Waals surface area contributed by atoms with Gasteiger partial charge in [0.05, 0.1) is 11.5 Å². The quantitative estimate of drug-likeness (QED) is 0.864. The lowest BCUT2D eigenvalue weighted by Gasteiger charge is -2.11. The molecule has 0 aromatic carbocycles. The predicted octanol–water partition coefficient (Wildman–Crippen LogP) is 0.522. The molecule has 1 amide bonds. The van der Waals surface area contributed by atoms with Crippen molar-refractivity contribution in [2.24, 2.45) is 0 Å². The second-order valence-corrected chi connectivity index (χ2v) is 7.83. The Kier molecular flexibility index (Phi) is 3.97. The second-order valence-electron chi connectivity index (χ2n) is 5.60. The minimum Gasteiger partial charge on any atom is -0.467 e. The van der Waals surface area contributed by atoms with E-state index in [-0.39, 0.29) is 35.9 Å². The zero-order valence-electron chi connectivity index (χ0n) is 12.8. The molecule has 1 unspecified atom stereocenters. The Morgan fingerprint density at radius 3 is 2.91 bits per heavy atom. The van der Waals surface area contributed by atoms with Crippen LogP contribution in [0.1, 0.15) is 17.7 Å². The maximum Gasteiger partial charge on any atom is 0.258 e. The largest absolute Gasteiger partial charge is 0.467 e. The van der Waals surface area contributed by atoms with E-state index in [1.54, 1.807) is 0 Å². The van der Waals surface area contributed by atoms with Crippen LogP contribution in [-0.2, 0) is 14.6 Å². The minimum absolute atomic E-state index is 0.0173. The van der Waals surface area contributed by atoms with Gasteiger partial charge in [-0.25, -0.2) is 18.4 Å². The molecule has 2 aromatic rings. The molecule has 1 fully saturated rings. The van der Waals surface area contributed by atoms with Gasteiger partial charge in [0.25, 0.3) is 5.91 Å². The standard InChI is InChI=1S/C14H17N3O5S/c1-8-9(2)22-14-12(8)13(15-7-16-14)21-5-11(18)17-10-3-4-23(19,20)6-10/h7,10H,3-6H2,1-2H3,(H,17,18). The number of carbonyl (C=O) groups excluding carboxylic acids is 1. The fourth-order valence-electron chi connectivity index (χ4n) is 2.57. The molecule has 0 radical (unpaired) electrons. The second kappa shape index (κ2) is 5.80. The van der Waals surface area contributed by atoms with Crippen molar-refractivity contribution in [1.82, 2.24) is 15.3 Å². The van der Waals surface area contributed by atoms with Gasteiger partial charge in [-0.2, -0.15) is 0 Å². The highest BCUT2D eigenvalue weighted by molar-refractivity contribution is 7.91. The van der Waals surface area contributed by atoms with E-state index < -0.39 is 9.84 Å². The molecule has 9 heteroatoms. The number of nitrogens with zero attached hydrogens (tertiary/aromatic N) is 2. The summed E-state index contributed by atoms with van der Waals surface area (Å²) in [6, 6.07) is -0.348. The number of aromatic nitrogens is 2. The number of hydrogen-bond acceptors (Lipinski definition) is 7.